The number of nitrogens with zero attached hydrogens (tertiary/aromatic N) is 1. The molecule has 1 saturated heterocycles. The Kier molecular flexibility index (Phi) is 3.68. The average molecular weight is 260 g/mol. The third-order valence-electron chi connectivity index (χ3n) is 4.49. The van der Waals surface area contributed by atoms with Gasteiger partial charge in [0.25, 0.3) is 0 Å². The number of aryl methyl sites for hydroxylation is 2. The van der Waals surface area contributed by atoms with E-state index >= 15 is 0 Å². The first-order valence-electron chi connectivity index (χ1n) is 6.94. The Morgan fingerprint density at radius 2 is 2.05 bits per heavy atom. The van der Waals surface area contributed by atoms with Crippen LogP contribution in [0.1, 0.15) is 37.0 Å². The fourth-order valence-corrected chi connectivity index (χ4v) is 2.74. The maximum absolute atomic E-state index is 12.4. The van der Waals surface area contributed by atoms with Gasteiger partial charge in [0.2, 0.25) is 5.91 Å². The van der Waals surface area contributed by atoms with Gasteiger partial charge in [0.15, 0.2) is 0 Å². The molecule has 3 heteroatoms. The monoisotopic (exact) mass is 260 g/mol. The second-order valence-corrected chi connectivity index (χ2v) is 6.19. The largest absolute Gasteiger partial charge is 0.336 e. The summed E-state index contributed by atoms with van der Waals surface area (Å²) in [5, 5.41) is 0. The molecular formula is C16H24N2O. The van der Waals surface area contributed by atoms with E-state index in [9.17, 15) is 4.79 Å². The summed E-state index contributed by atoms with van der Waals surface area (Å²) in [6.45, 7) is 9.06. The van der Waals surface area contributed by atoms with Gasteiger partial charge in [-0.05, 0) is 50.8 Å². The van der Waals surface area contributed by atoms with E-state index < -0.39 is 0 Å². The number of rotatable bonds is 2. The lowest BCUT2D eigenvalue weighted by molar-refractivity contribution is -0.133. The van der Waals surface area contributed by atoms with Crippen molar-refractivity contribution in [3.63, 3.8) is 0 Å². The van der Waals surface area contributed by atoms with Crippen LogP contribution >= 0.6 is 0 Å². The van der Waals surface area contributed by atoms with Crippen LogP contribution in [0.3, 0.4) is 0 Å². The summed E-state index contributed by atoms with van der Waals surface area (Å²) >= 11 is 0. The van der Waals surface area contributed by atoms with Crippen molar-refractivity contribution in [3.8, 4) is 0 Å². The first-order valence-corrected chi connectivity index (χ1v) is 6.94. The van der Waals surface area contributed by atoms with Gasteiger partial charge in [-0.3, -0.25) is 4.79 Å². The van der Waals surface area contributed by atoms with Crippen LogP contribution in [0.4, 0.5) is 0 Å². The Bertz CT molecular complexity index is 494. The highest BCUT2D eigenvalue weighted by atomic mass is 16.2. The summed E-state index contributed by atoms with van der Waals surface area (Å²) in [6.07, 6.45) is 1.36. The molecule has 0 saturated carbocycles. The Labute approximate surface area is 115 Å². The lowest BCUT2D eigenvalue weighted by Crippen LogP contribution is -2.51. The number of carbonyl (C=O) groups is 1. The standard InChI is InChI=1S/C16H24N2O/c1-11-5-6-13(9-12(11)2)10-15(19)18-8-7-14(17)16(18,3)4/h5-6,9,14H,7-8,10,17H2,1-4H3. The molecule has 104 valence electrons. The number of carbonyl (C=O) groups excluding carboxylic acids is 1. The summed E-state index contributed by atoms with van der Waals surface area (Å²) in [7, 11) is 0. The topological polar surface area (TPSA) is 46.3 Å². The zero-order valence-electron chi connectivity index (χ0n) is 12.4. The SMILES string of the molecule is Cc1ccc(CC(=O)N2CCC(N)C2(C)C)cc1C. The smallest absolute Gasteiger partial charge is 0.227 e. The molecule has 1 aromatic carbocycles. The molecule has 2 N–H and O–H groups in total. The summed E-state index contributed by atoms with van der Waals surface area (Å²) in [5.74, 6) is 0.182. The molecule has 0 radical (unpaired) electrons. The highest BCUT2D eigenvalue weighted by molar-refractivity contribution is 5.80. The van der Waals surface area contributed by atoms with Crippen LogP contribution in [-0.2, 0) is 11.2 Å². The molecule has 19 heavy (non-hydrogen) atoms. The van der Waals surface area contributed by atoms with E-state index in [0.717, 1.165) is 18.5 Å². The molecule has 1 unspecified atom stereocenters. The summed E-state index contributed by atoms with van der Waals surface area (Å²) in [5.41, 5.74) is 9.45. The number of hydrogen-bond donors (Lipinski definition) is 1. The summed E-state index contributed by atoms with van der Waals surface area (Å²) in [6, 6.07) is 6.31. The van der Waals surface area contributed by atoms with Crippen LogP contribution in [0.25, 0.3) is 0 Å². The molecule has 3 nitrogen and oxygen atoms in total. The van der Waals surface area contributed by atoms with Crippen LogP contribution in [0, 0.1) is 13.8 Å². The quantitative estimate of drug-likeness (QED) is 0.886. The van der Waals surface area contributed by atoms with E-state index in [4.69, 9.17) is 5.73 Å². The van der Waals surface area contributed by atoms with Gasteiger partial charge < -0.3 is 10.6 Å². The van der Waals surface area contributed by atoms with Crippen molar-refractivity contribution in [2.24, 2.45) is 5.73 Å². The van der Waals surface area contributed by atoms with E-state index in [2.05, 4.69) is 39.8 Å². The van der Waals surface area contributed by atoms with E-state index in [1.54, 1.807) is 0 Å². The molecule has 2 rings (SSSR count). The first-order chi connectivity index (χ1) is 8.82. The maximum Gasteiger partial charge on any atom is 0.227 e. The summed E-state index contributed by atoms with van der Waals surface area (Å²) < 4.78 is 0. The number of hydrogen-bond acceptors (Lipinski definition) is 2. The number of benzene rings is 1. The predicted molar refractivity (Wildman–Crippen MR) is 78.0 cm³/mol. The van der Waals surface area contributed by atoms with E-state index in [0.29, 0.717) is 6.42 Å². The van der Waals surface area contributed by atoms with Crippen molar-refractivity contribution in [1.29, 1.82) is 0 Å². The lowest BCUT2D eigenvalue weighted by atomic mass is 9.96. The van der Waals surface area contributed by atoms with Gasteiger partial charge in [0, 0.05) is 12.6 Å². The fraction of sp³-hybridized carbons (Fsp3) is 0.562. The Balaban J connectivity index is 2.11. The van der Waals surface area contributed by atoms with Gasteiger partial charge in [-0.2, -0.15) is 0 Å². The van der Waals surface area contributed by atoms with Crippen LogP contribution in [0.15, 0.2) is 18.2 Å². The Morgan fingerprint density at radius 1 is 1.37 bits per heavy atom. The molecule has 1 atom stereocenters. The van der Waals surface area contributed by atoms with Gasteiger partial charge in [0.1, 0.15) is 0 Å². The molecule has 0 spiro atoms. The zero-order chi connectivity index (χ0) is 14.2. The van der Waals surface area contributed by atoms with Gasteiger partial charge >= 0.3 is 0 Å². The lowest BCUT2D eigenvalue weighted by Gasteiger charge is -2.34. The minimum atomic E-state index is -0.225. The van der Waals surface area contributed by atoms with Crippen molar-refractivity contribution in [1.82, 2.24) is 4.90 Å². The van der Waals surface area contributed by atoms with Crippen molar-refractivity contribution < 1.29 is 4.79 Å². The highest BCUT2D eigenvalue weighted by Gasteiger charge is 2.41. The number of nitrogens with two attached hydrogens (primary N) is 1. The zero-order valence-corrected chi connectivity index (χ0v) is 12.4. The van der Waals surface area contributed by atoms with Crippen molar-refractivity contribution >= 4 is 5.91 Å². The maximum atomic E-state index is 12.4. The van der Waals surface area contributed by atoms with Crippen molar-refractivity contribution in [2.45, 2.75) is 52.1 Å². The van der Waals surface area contributed by atoms with E-state index in [1.165, 1.54) is 11.1 Å². The van der Waals surface area contributed by atoms with Gasteiger partial charge in [-0.1, -0.05) is 18.2 Å². The molecule has 1 aliphatic rings. The molecule has 1 aromatic rings. The third kappa shape index (κ3) is 2.66. The normalized spacial score (nSPS) is 21.7. The summed E-state index contributed by atoms with van der Waals surface area (Å²) in [4.78, 5) is 14.4. The fourth-order valence-electron chi connectivity index (χ4n) is 2.74. The Morgan fingerprint density at radius 3 is 2.58 bits per heavy atom. The van der Waals surface area contributed by atoms with Crippen LogP contribution in [-0.4, -0.2) is 28.9 Å². The average Bonchev–Trinajstić information content (AvgIpc) is 2.59. The third-order valence-corrected chi connectivity index (χ3v) is 4.49. The number of amides is 1. The minimum Gasteiger partial charge on any atom is -0.336 e. The molecule has 0 aliphatic carbocycles. The van der Waals surface area contributed by atoms with Crippen molar-refractivity contribution in [3.05, 3.63) is 34.9 Å². The van der Waals surface area contributed by atoms with Crippen LogP contribution in [0.2, 0.25) is 0 Å². The van der Waals surface area contributed by atoms with E-state index in [-0.39, 0.29) is 17.5 Å². The molecule has 1 heterocycles. The van der Waals surface area contributed by atoms with Crippen LogP contribution in [0.5, 0.6) is 0 Å². The molecular weight excluding hydrogens is 236 g/mol. The first kappa shape index (κ1) is 14.1. The van der Waals surface area contributed by atoms with Gasteiger partial charge in [0.05, 0.1) is 12.0 Å². The minimum absolute atomic E-state index is 0.0798. The van der Waals surface area contributed by atoms with Crippen LogP contribution < -0.4 is 5.73 Å². The second-order valence-electron chi connectivity index (χ2n) is 6.19. The highest BCUT2D eigenvalue weighted by Crippen LogP contribution is 2.28. The molecule has 0 bridgehead atoms. The van der Waals surface area contributed by atoms with Gasteiger partial charge in [-0.25, -0.2) is 0 Å². The Hall–Kier alpha value is -1.35. The molecule has 1 amide bonds. The number of likely N-dealkylation sites (tertiary alicyclic amines) is 1. The molecule has 1 fully saturated rings. The van der Waals surface area contributed by atoms with Gasteiger partial charge in [-0.15, -0.1) is 0 Å². The predicted octanol–water partition coefficient (Wildman–Crippen LogP) is 2.18. The second kappa shape index (κ2) is 4.97. The van der Waals surface area contributed by atoms with E-state index in [1.807, 2.05) is 11.0 Å². The van der Waals surface area contributed by atoms with Crippen molar-refractivity contribution in [2.75, 3.05) is 6.54 Å². The molecule has 0 aromatic heterocycles. The molecule has 1 aliphatic heterocycles.